The molecule has 2 N–H and O–H groups in total. The minimum atomic E-state index is -0.00195. The summed E-state index contributed by atoms with van der Waals surface area (Å²) in [5, 5.41) is 0. The van der Waals surface area contributed by atoms with Crippen LogP contribution in [0.3, 0.4) is 0 Å². The van der Waals surface area contributed by atoms with Crippen molar-refractivity contribution in [3.05, 3.63) is 70.8 Å². The van der Waals surface area contributed by atoms with E-state index in [9.17, 15) is 4.79 Å². The fourth-order valence-electron chi connectivity index (χ4n) is 3.10. The average Bonchev–Trinajstić information content (AvgIpc) is 2.92. The van der Waals surface area contributed by atoms with Crippen LogP contribution in [0, 0.1) is 13.8 Å². The molecule has 1 aliphatic rings. The average molecular weight is 331 g/mol. The smallest absolute Gasteiger partial charge is 0.253 e. The van der Waals surface area contributed by atoms with E-state index < -0.39 is 0 Å². The molecule has 3 nitrogen and oxygen atoms in total. The Morgan fingerprint density at radius 1 is 1.04 bits per heavy atom. The van der Waals surface area contributed by atoms with Crippen molar-refractivity contribution >= 4 is 18.3 Å². The first-order chi connectivity index (χ1) is 10.6. The van der Waals surface area contributed by atoms with E-state index in [4.69, 9.17) is 5.73 Å². The number of rotatable bonds is 2. The van der Waals surface area contributed by atoms with Gasteiger partial charge in [-0.2, -0.15) is 0 Å². The number of halogens is 1. The fourth-order valence-corrected chi connectivity index (χ4v) is 3.10. The summed E-state index contributed by atoms with van der Waals surface area (Å²) in [6.45, 7) is 5.40. The number of carbonyl (C=O) groups excluding carboxylic acids is 1. The molecule has 3 rings (SSSR count). The second-order valence-corrected chi connectivity index (χ2v) is 6.19. The summed E-state index contributed by atoms with van der Waals surface area (Å²) < 4.78 is 0. The summed E-state index contributed by atoms with van der Waals surface area (Å²) in [5.41, 5.74) is 10.6. The van der Waals surface area contributed by atoms with Crippen LogP contribution in [0.4, 0.5) is 0 Å². The number of aryl methyl sites for hydroxylation is 2. The van der Waals surface area contributed by atoms with Crippen LogP contribution in [0.1, 0.15) is 33.0 Å². The van der Waals surface area contributed by atoms with Crippen molar-refractivity contribution in [1.29, 1.82) is 0 Å². The van der Waals surface area contributed by atoms with E-state index in [0.29, 0.717) is 13.1 Å². The minimum Gasteiger partial charge on any atom is -0.336 e. The summed E-state index contributed by atoms with van der Waals surface area (Å²) >= 11 is 0. The third-order valence-corrected chi connectivity index (χ3v) is 4.63. The van der Waals surface area contributed by atoms with Crippen LogP contribution < -0.4 is 5.73 Å². The van der Waals surface area contributed by atoms with Gasteiger partial charge in [0.1, 0.15) is 0 Å². The van der Waals surface area contributed by atoms with Gasteiger partial charge in [0, 0.05) is 30.6 Å². The Morgan fingerprint density at radius 2 is 1.74 bits per heavy atom. The molecule has 2 atom stereocenters. The van der Waals surface area contributed by atoms with Crippen molar-refractivity contribution < 1.29 is 4.79 Å². The normalized spacial score (nSPS) is 20.2. The number of nitrogens with zero attached hydrogens (tertiary/aromatic N) is 1. The van der Waals surface area contributed by atoms with Gasteiger partial charge in [-0.3, -0.25) is 4.79 Å². The zero-order chi connectivity index (χ0) is 15.7. The molecule has 23 heavy (non-hydrogen) atoms. The second kappa shape index (κ2) is 7.16. The number of carbonyl (C=O) groups is 1. The molecule has 1 amide bonds. The number of nitrogens with two attached hydrogens (primary N) is 1. The van der Waals surface area contributed by atoms with Crippen LogP contribution in [-0.4, -0.2) is 29.9 Å². The SMILES string of the molecule is Cc1ccc(C(=O)N2C[C@@H](N)[C@H](c3ccccc3)C2)cc1C.Cl. The molecule has 1 saturated heterocycles. The highest BCUT2D eigenvalue weighted by atomic mass is 35.5. The number of amides is 1. The lowest BCUT2D eigenvalue weighted by atomic mass is 9.95. The lowest BCUT2D eigenvalue weighted by Crippen LogP contribution is -2.32. The van der Waals surface area contributed by atoms with E-state index in [1.807, 2.05) is 48.2 Å². The van der Waals surface area contributed by atoms with Crippen LogP contribution in [0.5, 0.6) is 0 Å². The molecule has 0 saturated carbocycles. The largest absolute Gasteiger partial charge is 0.336 e. The molecule has 0 radical (unpaired) electrons. The van der Waals surface area contributed by atoms with Gasteiger partial charge < -0.3 is 10.6 Å². The van der Waals surface area contributed by atoms with E-state index in [1.165, 1.54) is 11.1 Å². The Balaban J connectivity index is 0.00000192. The van der Waals surface area contributed by atoms with Crippen molar-refractivity contribution in [2.75, 3.05) is 13.1 Å². The van der Waals surface area contributed by atoms with Gasteiger partial charge in [0.15, 0.2) is 0 Å². The van der Waals surface area contributed by atoms with Crippen molar-refractivity contribution in [2.24, 2.45) is 5.73 Å². The molecule has 0 spiro atoms. The van der Waals surface area contributed by atoms with Gasteiger partial charge in [-0.15, -0.1) is 12.4 Å². The van der Waals surface area contributed by atoms with Gasteiger partial charge in [0.2, 0.25) is 0 Å². The maximum absolute atomic E-state index is 12.7. The van der Waals surface area contributed by atoms with Crippen LogP contribution in [0.2, 0.25) is 0 Å². The molecule has 4 heteroatoms. The monoisotopic (exact) mass is 330 g/mol. The number of benzene rings is 2. The van der Waals surface area contributed by atoms with E-state index in [0.717, 1.165) is 11.1 Å². The zero-order valence-electron chi connectivity index (χ0n) is 13.5. The second-order valence-electron chi connectivity index (χ2n) is 6.19. The fraction of sp³-hybridized carbons (Fsp3) is 0.316. The van der Waals surface area contributed by atoms with Crippen LogP contribution in [-0.2, 0) is 0 Å². The minimum absolute atomic E-state index is 0. The van der Waals surface area contributed by atoms with E-state index >= 15 is 0 Å². The van der Waals surface area contributed by atoms with Gasteiger partial charge in [-0.25, -0.2) is 0 Å². The van der Waals surface area contributed by atoms with Crippen LogP contribution in [0.15, 0.2) is 48.5 Å². The molecule has 2 aromatic rings. The summed E-state index contributed by atoms with van der Waals surface area (Å²) in [6, 6.07) is 16.1. The number of hydrogen-bond donors (Lipinski definition) is 1. The molecule has 1 aliphatic heterocycles. The molecular weight excluding hydrogens is 308 g/mol. The predicted octanol–water partition coefficient (Wildman–Crippen LogP) is 3.29. The quantitative estimate of drug-likeness (QED) is 0.918. The highest BCUT2D eigenvalue weighted by molar-refractivity contribution is 5.94. The molecule has 0 aromatic heterocycles. The van der Waals surface area contributed by atoms with Crippen LogP contribution >= 0.6 is 12.4 Å². The lowest BCUT2D eigenvalue weighted by Gasteiger charge is -2.17. The lowest BCUT2D eigenvalue weighted by molar-refractivity contribution is 0.0789. The van der Waals surface area contributed by atoms with Crippen molar-refractivity contribution in [3.63, 3.8) is 0 Å². The molecule has 0 bridgehead atoms. The Hall–Kier alpha value is -1.84. The molecule has 122 valence electrons. The molecule has 1 heterocycles. The Kier molecular flexibility index (Phi) is 5.45. The molecule has 1 fully saturated rings. The highest BCUT2D eigenvalue weighted by Gasteiger charge is 2.34. The van der Waals surface area contributed by atoms with Crippen molar-refractivity contribution in [2.45, 2.75) is 25.8 Å². The van der Waals surface area contributed by atoms with Gasteiger partial charge in [-0.05, 0) is 42.7 Å². The summed E-state index contributed by atoms with van der Waals surface area (Å²) in [4.78, 5) is 14.6. The van der Waals surface area contributed by atoms with Gasteiger partial charge in [0.25, 0.3) is 5.91 Å². The standard InChI is InChI=1S/C19H22N2O.ClH/c1-13-8-9-16(10-14(13)2)19(22)21-11-17(18(20)12-21)15-6-4-3-5-7-15;/h3-10,17-18H,11-12,20H2,1-2H3;1H/t17-,18+;/m0./s1. The maximum Gasteiger partial charge on any atom is 0.253 e. The predicted molar refractivity (Wildman–Crippen MR) is 96.2 cm³/mol. The summed E-state index contributed by atoms with van der Waals surface area (Å²) in [7, 11) is 0. The summed E-state index contributed by atoms with van der Waals surface area (Å²) in [5.74, 6) is 0.300. The third-order valence-electron chi connectivity index (χ3n) is 4.63. The van der Waals surface area contributed by atoms with E-state index in [1.54, 1.807) is 0 Å². The molecule has 0 unspecified atom stereocenters. The zero-order valence-corrected chi connectivity index (χ0v) is 14.3. The third kappa shape index (κ3) is 3.57. The van der Waals surface area contributed by atoms with Crippen LogP contribution in [0.25, 0.3) is 0 Å². The van der Waals surface area contributed by atoms with Gasteiger partial charge in [0.05, 0.1) is 0 Å². The first kappa shape index (κ1) is 17.5. The summed E-state index contributed by atoms with van der Waals surface area (Å²) in [6.07, 6.45) is 0. The Labute approximate surface area is 143 Å². The highest BCUT2D eigenvalue weighted by Crippen LogP contribution is 2.27. The van der Waals surface area contributed by atoms with E-state index in [2.05, 4.69) is 19.1 Å². The first-order valence-corrected chi connectivity index (χ1v) is 7.73. The van der Waals surface area contributed by atoms with E-state index in [-0.39, 0.29) is 30.3 Å². The molecule has 2 aromatic carbocycles. The maximum atomic E-state index is 12.7. The van der Waals surface area contributed by atoms with Crippen molar-refractivity contribution in [3.8, 4) is 0 Å². The topological polar surface area (TPSA) is 46.3 Å². The van der Waals surface area contributed by atoms with Crippen molar-refractivity contribution in [1.82, 2.24) is 4.90 Å². The number of hydrogen-bond acceptors (Lipinski definition) is 2. The van der Waals surface area contributed by atoms with Gasteiger partial charge in [-0.1, -0.05) is 36.4 Å². The molecular formula is C19H23ClN2O. The Morgan fingerprint density at radius 3 is 2.39 bits per heavy atom. The molecule has 0 aliphatic carbocycles. The first-order valence-electron chi connectivity index (χ1n) is 7.73. The Bertz CT molecular complexity index is 687. The van der Waals surface area contributed by atoms with Gasteiger partial charge >= 0.3 is 0 Å². The number of likely N-dealkylation sites (tertiary alicyclic amines) is 1.